The van der Waals surface area contributed by atoms with Crippen molar-refractivity contribution in [2.45, 2.75) is 19.9 Å². The highest BCUT2D eigenvalue weighted by Crippen LogP contribution is 2.31. The Balaban J connectivity index is 2.58. The summed E-state index contributed by atoms with van der Waals surface area (Å²) in [5, 5.41) is 27.3. The highest BCUT2D eigenvalue weighted by molar-refractivity contribution is 5.93. The Hall–Kier alpha value is -2.22. The minimum atomic E-state index is -0.526. The van der Waals surface area contributed by atoms with E-state index in [-0.39, 0.29) is 23.9 Å². The average molecular weight is 266 g/mol. The van der Waals surface area contributed by atoms with Crippen LogP contribution in [0, 0.1) is 10.1 Å². The lowest BCUT2D eigenvalue weighted by atomic mass is 10.2. The summed E-state index contributed by atoms with van der Waals surface area (Å²) in [6, 6.07) is 3.07. The van der Waals surface area contributed by atoms with Gasteiger partial charge in [0.05, 0.1) is 17.2 Å². The van der Waals surface area contributed by atoms with Gasteiger partial charge in [-0.2, -0.15) is 0 Å². The van der Waals surface area contributed by atoms with Gasteiger partial charge in [-0.25, -0.2) is 4.63 Å². The molecular weight excluding hydrogens is 252 g/mol. The second-order valence-corrected chi connectivity index (χ2v) is 4.33. The Morgan fingerprint density at radius 1 is 1.42 bits per heavy atom. The van der Waals surface area contributed by atoms with Crippen LogP contribution in [0.1, 0.15) is 13.8 Å². The summed E-state index contributed by atoms with van der Waals surface area (Å²) in [5.41, 5.74) is 0.959. The highest BCUT2D eigenvalue weighted by Gasteiger charge is 2.23. The lowest BCUT2D eigenvalue weighted by molar-refractivity contribution is -0.383. The van der Waals surface area contributed by atoms with Crippen LogP contribution in [0.15, 0.2) is 16.8 Å². The lowest BCUT2D eigenvalue weighted by Gasteiger charge is -2.27. The summed E-state index contributed by atoms with van der Waals surface area (Å²) >= 11 is 0. The molecule has 0 saturated carbocycles. The first kappa shape index (κ1) is 13.2. The molecule has 1 heterocycles. The molecular formula is C11H14N4O4. The van der Waals surface area contributed by atoms with E-state index in [0.29, 0.717) is 17.7 Å². The van der Waals surface area contributed by atoms with Crippen molar-refractivity contribution >= 4 is 22.4 Å². The Kier molecular flexibility index (Phi) is 3.61. The fourth-order valence-corrected chi connectivity index (χ4v) is 1.98. The van der Waals surface area contributed by atoms with Gasteiger partial charge in [0.1, 0.15) is 0 Å². The molecule has 19 heavy (non-hydrogen) atoms. The number of fused-ring (bicyclic) bond motifs is 1. The second-order valence-electron chi connectivity index (χ2n) is 4.33. The van der Waals surface area contributed by atoms with Crippen molar-refractivity contribution in [2.75, 3.05) is 18.1 Å². The summed E-state index contributed by atoms with van der Waals surface area (Å²) in [7, 11) is 0. The third-order valence-corrected chi connectivity index (χ3v) is 2.84. The Bertz CT molecular complexity index is 595. The molecule has 0 amide bonds. The molecule has 0 aliphatic carbocycles. The zero-order valence-corrected chi connectivity index (χ0v) is 10.6. The summed E-state index contributed by atoms with van der Waals surface area (Å²) in [6.07, 6.45) is 0. The Morgan fingerprint density at radius 2 is 2.11 bits per heavy atom. The fourth-order valence-electron chi connectivity index (χ4n) is 1.98. The zero-order chi connectivity index (χ0) is 14.0. The van der Waals surface area contributed by atoms with Crippen LogP contribution in [0.5, 0.6) is 0 Å². The normalized spacial score (nSPS) is 11.2. The molecule has 0 aliphatic heterocycles. The molecule has 0 saturated heterocycles. The molecule has 2 rings (SSSR count). The van der Waals surface area contributed by atoms with Gasteiger partial charge in [0, 0.05) is 18.7 Å². The number of hydrogen-bond donors (Lipinski definition) is 1. The highest BCUT2D eigenvalue weighted by atomic mass is 16.6. The Labute approximate surface area is 108 Å². The number of rotatable bonds is 5. The van der Waals surface area contributed by atoms with Crippen LogP contribution in [0.4, 0.5) is 11.4 Å². The molecule has 8 heteroatoms. The number of benzene rings is 1. The number of nitrogens with zero attached hydrogens (tertiary/aromatic N) is 4. The molecule has 1 aromatic heterocycles. The summed E-state index contributed by atoms with van der Waals surface area (Å²) in [4.78, 5) is 12.3. The van der Waals surface area contributed by atoms with Crippen molar-refractivity contribution in [1.82, 2.24) is 10.3 Å². The van der Waals surface area contributed by atoms with Crippen molar-refractivity contribution in [3.05, 3.63) is 22.2 Å². The van der Waals surface area contributed by atoms with Crippen LogP contribution in [0.3, 0.4) is 0 Å². The van der Waals surface area contributed by atoms with Crippen molar-refractivity contribution in [3.63, 3.8) is 0 Å². The van der Waals surface area contributed by atoms with Gasteiger partial charge in [-0.05, 0) is 30.2 Å². The van der Waals surface area contributed by atoms with E-state index >= 15 is 0 Å². The monoisotopic (exact) mass is 266 g/mol. The minimum absolute atomic E-state index is 0.0259. The standard InChI is InChI=1S/C11H14N4O4/c1-7(2)14(5-6-16)8-3-4-9(15(17)18)11-10(8)12-19-13-11/h3-4,7,16H,5-6H2,1-2H3. The van der Waals surface area contributed by atoms with Gasteiger partial charge in [-0.3, -0.25) is 10.1 Å². The van der Waals surface area contributed by atoms with Crippen molar-refractivity contribution in [3.8, 4) is 0 Å². The number of aliphatic hydroxyl groups is 1. The van der Waals surface area contributed by atoms with E-state index in [0.717, 1.165) is 0 Å². The maximum atomic E-state index is 10.9. The fraction of sp³-hybridized carbons (Fsp3) is 0.455. The first-order valence-electron chi connectivity index (χ1n) is 5.83. The number of nitro benzene ring substituents is 1. The van der Waals surface area contributed by atoms with Crippen LogP contribution in [0.2, 0.25) is 0 Å². The van der Waals surface area contributed by atoms with Crippen LogP contribution >= 0.6 is 0 Å². The predicted octanol–water partition coefficient (Wildman–Crippen LogP) is 1.34. The van der Waals surface area contributed by atoms with Crippen LogP contribution in [-0.2, 0) is 0 Å². The molecule has 0 bridgehead atoms. The Morgan fingerprint density at radius 3 is 2.68 bits per heavy atom. The summed E-state index contributed by atoms with van der Waals surface area (Å²) in [6.45, 7) is 4.28. The van der Waals surface area contributed by atoms with E-state index < -0.39 is 4.92 Å². The van der Waals surface area contributed by atoms with E-state index in [1.165, 1.54) is 6.07 Å². The van der Waals surface area contributed by atoms with Gasteiger partial charge in [0.25, 0.3) is 0 Å². The molecule has 1 N–H and O–H groups in total. The van der Waals surface area contributed by atoms with Crippen molar-refractivity contribution < 1.29 is 14.7 Å². The first-order chi connectivity index (χ1) is 9.06. The molecule has 8 nitrogen and oxygen atoms in total. The number of hydrogen-bond acceptors (Lipinski definition) is 7. The molecule has 1 aromatic carbocycles. The van der Waals surface area contributed by atoms with Crippen LogP contribution in [0.25, 0.3) is 11.0 Å². The van der Waals surface area contributed by atoms with Crippen molar-refractivity contribution in [1.29, 1.82) is 0 Å². The molecule has 0 atom stereocenters. The van der Waals surface area contributed by atoms with Crippen LogP contribution in [-0.4, -0.2) is 39.5 Å². The topological polar surface area (TPSA) is 106 Å². The largest absolute Gasteiger partial charge is 0.395 e. The summed E-state index contributed by atoms with van der Waals surface area (Å²) < 4.78 is 4.61. The number of anilines is 1. The van der Waals surface area contributed by atoms with Gasteiger partial charge < -0.3 is 10.0 Å². The molecule has 2 aromatic rings. The number of aliphatic hydroxyl groups excluding tert-OH is 1. The third-order valence-electron chi connectivity index (χ3n) is 2.84. The van der Waals surface area contributed by atoms with E-state index in [1.54, 1.807) is 6.07 Å². The second kappa shape index (κ2) is 5.19. The summed E-state index contributed by atoms with van der Waals surface area (Å²) in [5.74, 6) is 0. The van der Waals surface area contributed by atoms with E-state index in [2.05, 4.69) is 14.9 Å². The van der Waals surface area contributed by atoms with Crippen LogP contribution < -0.4 is 4.90 Å². The predicted molar refractivity (Wildman–Crippen MR) is 68.0 cm³/mol. The average Bonchev–Trinajstić information content (AvgIpc) is 2.83. The maximum absolute atomic E-state index is 10.9. The number of aromatic nitrogens is 2. The number of nitro groups is 1. The molecule has 0 spiro atoms. The molecule has 0 unspecified atom stereocenters. The minimum Gasteiger partial charge on any atom is -0.395 e. The molecule has 0 aliphatic rings. The number of non-ortho nitro benzene ring substituents is 1. The van der Waals surface area contributed by atoms with E-state index in [1.807, 2.05) is 18.7 Å². The van der Waals surface area contributed by atoms with Crippen molar-refractivity contribution in [2.24, 2.45) is 0 Å². The molecule has 0 radical (unpaired) electrons. The van der Waals surface area contributed by atoms with Gasteiger partial charge in [0.2, 0.25) is 5.52 Å². The van der Waals surface area contributed by atoms with Gasteiger partial charge in [-0.1, -0.05) is 0 Å². The SMILES string of the molecule is CC(C)N(CCO)c1ccc([N+](=O)[O-])c2nonc12. The third kappa shape index (κ3) is 2.34. The lowest BCUT2D eigenvalue weighted by Crippen LogP contribution is -2.33. The van der Waals surface area contributed by atoms with E-state index in [9.17, 15) is 10.1 Å². The van der Waals surface area contributed by atoms with Gasteiger partial charge in [0.15, 0.2) is 5.52 Å². The maximum Gasteiger partial charge on any atom is 0.300 e. The first-order valence-corrected chi connectivity index (χ1v) is 5.83. The molecule has 102 valence electrons. The quantitative estimate of drug-likeness (QED) is 0.642. The zero-order valence-electron chi connectivity index (χ0n) is 10.6. The van der Waals surface area contributed by atoms with E-state index in [4.69, 9.17) is 5.11 Å². The smallest absolute Gasteiger partial charge is 0.300 e. The van der Waals surface area contributed by atoms with Gasteiger partial charge in [-0.15, -0.1) is 0 Å². The van der Waals surface area contributed by atoms with Gasteiger partial charge >= 0.3 is 5.69 Å². The molecule has 0 fully saturated rings.